The number of hydrogen-bond acceptors (Lipinski definition) is 6. The number of fused-ring (bicyclic) bond motifs is 1. The lowest BCUT2D eigenvalue weighted by atomic mass is 10.00. The van der Waals surface area contributed by atoms with Crippen LogP contribution in [0.1, 0.15) is 27.0 Å². The number of β-amino-alcohol motifs (C(OH)–C–C–N with tert-alkyl or cyclic N) is 1. The van der Waals surface area contributed by atoms with Gasteiger partial charge in [0.05, 0.1) is 12.6 Å². The summed E-state index contributed by atoms with van der Waals surface area (Å²) in [6.07, 6.45) is 0.379. The van der Waals surface area contributed by atoms with Gasteiger partial charge in [-0.1, -0.05) is 36.4 Å². The van der Waals surface area contributed by atoms with Crippen LogP contribution >= 0.6 is 0 Å². The maximum absolute atomic E-state index is 12.7. The Morgan fingerprint density at radius 1 is 0.943 bits per heavy atom. The van der Waals surface area contributed by atoms with Crippen LogP contribution in [0, 0.1) is 0 Å². The number of piperazine rings is 1. The molecule has 1 atom stereocenters. The predicted molar refractivity (Wildman–Crippen MR) is 136 cm³/mol. The SMILES string of the molecule is CNC(=O)CN1CCN(Cc2cccc(C(=O)NCC(O)CN3CCc4ccccc4C3)c2)CC1. The van der Waals surface area contributed by atoms with Gasteiger partial charge in [0.15, 0.2) is 0 Å². The molecule has 4 rings (SSSR count). The van der Waals surface area contributed by atoms with Gasteiger partial charge in [0.25, 0.3) is 5.91 Å². The molecule has 2 aromatic rings. The Balaban J connectivity index is 1.21. The second-order valence-corrected chi connectivity index (χ2v) is 9.54. The van der Waals surface area contributed by atoms with E-state index in [-0.39, 0.29) is 18.4 Å². The summed E-state index contributed by atoms with van der Waals surface area (Å²) in [5, 5.41) is 16.1. The van der Waals surface area contributed by atoms with Crippen molar-refractivity contribution in [3.63, 3.8) is 0 Å². The predicted octanol–water partition coefficient (Wildman–Crippen LogP) is 0.699. The molecule has 3 N–H and O–H groups in total. The van der Waals surface area contributed by atoms with Gasteiger partial charge in [-0.2, -0.15) is 0 Å². The first-order valence-electron chi connectivity index (χ1n) is 12.5. The highest BCUT2D eigenvalue weighted by Crippen LogP contribution is 2.18. The summed E-state index contributed by atoms with van der Waals surface area (Å²) in [5.74, 6) is -0.117. The molecule has 1 unspecified atom stereocenters. The second kappa shape index (κ2) is 12.3. The van der Waals surface area contributed by atoms with Crippen molar-refractivity contribution in [1.82, 2.24) is 25.3 Å². The standard InChI is InChI=1S/C27H37N5O3/c1-28-26(34)20-31-13-11-30(12-14-31)17-21-5-4-8-23(15-21)27(35)29-16-25(33)19-32-10-9-22-6-2-3-7-24(22)18-32/h2-8,15,25,33H,9-14,16-20H2,1H3,(H,28,34)(H,29,35). The summed E-state index contributed by atoms with van der Waals surface area (Å²) >= 11 is 0. The van der Waals surface area contributed by atoms with Gasteiger partial charge < -0.3 is 15.7 Å². The quantitative estimate of drug-likeness (QED) is 0.491. The van der Waals surface area contributed by atoms with Crippen molar-refractivity contribution in [3.8, 4) is 0 Å². The number of hydrogen-bond donors (Lipinski definition) is 3. The summed E-state index contributed by atoms with van der Waals surface area (Å²) in [6, 6.07) is 16.1. The first kappa shape index (κ1) is 25.3. The molecule has 2 heterocycles. The molecule has 0 aromatic heterocycles. The van der Waals surface area contributed by atoms with Crippen LogP contribution in [0.2, 0.25) is 0 Å². The van der Waals surface area contributed by atoms with E-state index in [1.54, 1.807) is 7.05 Å². The Labute approximate surface area is 207 Å². The third-order valence-corrected chi connectivity index (χ3v) is 6.88. The summed E-state index contributed by atoms with van der Waals surface area (Å²) in [6.45, 7) is 7.23. The summed E-state index contributed by atoms with van der Waals surface area (Å²) in [5.41, 5.74) is 4.40. The highest BCUT2D eigenvalue weighted by molar-refractivity contribution is 5.94. The largest absolute Gasteiger partial charge is 0.390 e. The fraction of sp³-hybridized carbons (Fsp3) is 0.481. The van der Waals surface area contributed by atoms with Gasteiger partial charge >= 0.3 is 0 Å². The molecule has 1 fully saturated rings. The molecular weight excluding hydrogens is 442 g/mol. The number of likely N-dealkylation sites (N-methyl/N-ethyl adjacent to an activating group) is 1. The van der Waals surface area contributed by atoms with E-state index < -0.39 is 6.10 Å². The number of nitrogens with zero attached hydrogens (tertiary/aromatic N) is 3. The molecule has 2 aliphatic rings. The van der Waals surface area contributed by atoms with Gasteiger partial charge in [-0.3, -0.25) is 24.3 Å². The number of amides is 2. The molecule has 0 spiro atoms. The average Bonchev–Trinajstić information content (AvgIpc) is 2.88. The highest BCUT2D eigenvalue weighted by atomic mass is 16.3. The Morgan fingerprint density at radius 2 is 1.69 bits per heavy atom. The fourth-order valence-corrected chi connectivity index (χ4v) is 4.84. The zero-order valence-corrected chi connectivity index (χ0v) is 20.6. The molecule has 35 heavy (non-hydrogen) atoms. The van der Waals surface area contributed by atoms with Crippen molar-refractivity contribution in [2.24, 2.45) is 0 Å². The number of rotatable bonds is 9. The monoisotopic (exact) mass is 479 g/mol. The summed E-state index contributed by atoms with van der Waals surface area (Å²) in [7, 11) is 1.66. The van der Waals surface area contributed by atoms with Crippen molar-refractivity contribution < 1.29 is 14.7 Å². The van der Waals surface area contributed by atoms with Gasteiger partial charge in [-0.25, -0.2) is 0 Å². The number of aliphatic hydroxyl groups is 1. The average molecular weight is 480 g/mol. The van der Waals surface area contributed by atoms with Crippen molar-refractivity contribution in [2.75, 3.05) is 59.4 Å². The van der Waals surface area contributed by atoms with E-state index in [9.17, 15) is 14.7 Å². The molecule has 8 heteroatoms. The maximum atomic E-state index is 12.7. The minimum absolute atomic E-state index is 0.0449. The minimum atomic E-state index is -0.613. The van der Waals surface area contributed by atoms with E-state index in [1.807, 2.05) is 24.3 Å². The topological polar surface area (TPSA) is 88.2 Å². The number of nitrogens with one attached hydrogen (secondary N) is 2. The van der Waals surface area contributed by atoms with Crippen LogP contribution in [0.25, 0.3) is 0 Å². The van der Waals surface area contributed by atoms with E-state index in [1.165, 1.54) is 11.1 Å². The molecular formula is C27H37N5O3. The van der Waals surface area contributed by atoms with Crippen molar-refractivity contribution >= 4 is 11.8 Å². The van der Waals surface area contributed by atoms with E-state index in [0.29, 0.717) is 18.7 Å². The van der Waals surface area contributed by atoms with Gasteiger partial charge in [-0.05, 0) is 35.2 Å². The van der Waals surface area contributed by atoms with Crippen molar-refractivity contribution in [3.05, 3.63) is 70.8 Å². The van der Waals surface area contributed by atoms with E-state index in [2.05, 4.69) is 49.6 Å². The third kappa shape index (κ3) is 7.35. The molecule has 2 aliphatic heterocycles. The van der Waals surface area contributed by atoms with E-state index in [4.69, 9.17) is 0 Å². The first-order valence-corrected chi connectivity index (χ1v) is 12.5. The number of carbonyl (C=O) groups excluding carboxylic acids is 2. The normalized spacial score (nSPS) is 18.0. The van der Waals surface area contributed by atoms with Crippen LogP contribution in [-0.2, 0) is 24.3 Å². The van der Waals surface area contributed by atoms with Gasteiger partial charge in [-0.15, -0.1) is 0 Å². The smallest absolute Gasteiger partial charge is 0.251 e. The molecule has 0 saturated carbocycles. The number of aliphatic hydroxyl groups excluding tert-OH is 1. The molecule has 0 bridgehead atoms. The molecule has 1 saturated heterocycles. The lowest BCUT2D eigenvalue weighted by Gasteiger charge is -2.34. The van der Waals surface area contributed by atoms with Crippen LogP contribution in [0.15, 0.2) is 48.5 Å². The maximum Gasteiger partial charge on any atom is 0.251 e. The second-order valence-electron chi connectivity index (χ2n) is 9.54. The highest BCUT2D eigenvalue weighted by Gasteiger charge is 2.20. The van der Waals surface area contributed by atoms with Crippen molar-refractivity contribution in [1.29, 1.82) is 0 Å². The van der Waals surface area contributed by atoms with Crippen LogP contribution in [-0.4, -0.2) is 97.1 Å². The summed E-state index contributed by atoms with van der Waals surface area (Å²) in [4.78, 5) is 31.1. The van der Waals surface area contributed by atoms with Gasteiger partial charge in [0.2, 0.25) is 5.91 Å². The molecule has 0 aliphatic carbocycles. The van der Waals surface area contributed by atoms with Crippen LogP contribution < -0.4 is 10.6 Å². The lowest BCUT2D eigenvalue weighted by molar-refractivity contribution is -0.122. The van der Waals surface area contributed by atoms with Gasteiger partial charge in [0.1, 0.15) is 0 Å². The minimum Gasteiger partial charge on any atom is -0.390 e. The Hall–Kier alpha value is -2.78. The zero-order valence-electron chi connectivity index (χ0n) is 20.6. The van der Waals surface area contributed by atoms with E-state index in [0.717, 1.165) is 57.8 Å². The van der Waals surface area contributed by atoms with Crippen molar-refractivity contribution in [2.45, 2.75) is 25.6 Å². The molecule has 2 amide bonds. The van der Waals surface area contributed by atoms with E-state index >= 15 is 0 Å². The molecule has 0 radical (unpaired) electrons. The molecule has 2 aromatic carbocycles. The Bertz CT molecular complexity index is 1010. The summed E-state index contributed by atoms with van der Waals surface area (Å²) < 4.78 is 0. The van der Waals surface area contributed by atoms with Crippen LogP contribution in [0.4, 0.5) is 0 Å². The Morgan fingerprint density at radius 3 is 2.46 bits per heavy atom. The number of carbonyl (C=O) groups is 2. The van der Waals surface area contributed by atoms with Gasteiger partial charge in [0, 0.05) is 71.5 Å². The van der Waals surface area contributed by atoms with Crippen LogP contribution in [0.3, 0.4) is 0 Å². The van der Waals surface area contributed by atoms with Crippen LogP contribution in [0.5, 0.6) is 0 Å². The molecule has 188 valence electrons. The fourth-order valence-electron chi connectivity index (χ4n) is 4.84. The number of benzene rings is 2. The Kier molecular flexibility index (Phi) is 8.87. The third-order valence-electron chi connectivity index (χ3n) is 6.88. The molecule has 8 nitrogen and oxygen atoms in total. The lowest BCUT2D eigenvalue weighted by Crippen LogP contribution is -2.48. The first-order chi connectivity index (χ1) is 17.0. The zero-order chi connectivity index (χ0) is 24.6.